The topological polar surface area (TPSA) is 61.4 Å². The summed E-state index contributed by atoms with van der Waals surface area (Å²) in [7, 11) is 0. The molecule has 2 aromatic carbocycles. The molecule has 0 saturated carbocycles. The van der Waals surface area contributed by atoms with Gasteiger partial charge < -0.3 is 10.4 Å². The molecule has 0 heterocycles. The smallest absolute Gasteiger partial charge is 0.238 e. The third-order valence-electron chi connectivity index (χ3n) is 3.91. The molecule has 0 bridgehead atoms. The molecule has 23 heavy (non-hydrogen) atoms. The lowest BCUT2D eigenvalue weighted by atomic mass is 9.93. The predicted molar refractivity (Wildman–Crippen MR) is 93.7 cm³/mol. The van der Waals surface area contributed by atoms with Gasteiger partial charge in [-0.1, -0.05) is 48.0 Å². The van der Waals surface area contributed by atoms with E-state index in [1.165, 1.54) is 0 Å². The number of carbonyl (C=O) groups excluding carboxylic acids is 1. The molecule has 0 aliphatic carbocycles. The number of hydrogen-bond acceptors (Lipinski definition) is 3. The van der Waals surface area contributed by atoms with Crippen molar-refractivity contribution in [2.75, 3.05) is 18.5 Å². The summed E-state index contributed by atoms with van der Waals surface area (Å²) in [5.41, 5.74) is 1.77. The standard InChI is InChI=1S/C18H21ClN2O2/c1-13-15(19)9-6-10-16(13)21-17(23)11-20-18(2,12-22)14-7-4-3-5-8-14/h3-10,20,22H,11-12H2,1-2H3,(H,21,23)/t18-/m0/s1. The number of amides is 1. The van der Waals surface area contributed by atoms with E-state index in [1.54, 1.807) is 12.1 Å². The van der Waals surface area contributed by atoms with E-state index in [0.29, 0.717) is 10.7 Å². The number of nitrogens with one attached hydrogen (secondary N) is 2. The third kappa shape index (κ3) is 4.32. The monoisotopic (exact) mass is 332 g/mol. The molecule has 0 radical (unpaired) electrons. The fourth-order valence-electron chi connectivity index (χ4n) is 2.27. The molecular weight excluding hydrogens is 312 g/mol. The Kier molecular flexibility index (Phi) is 5.77. The van der Waals surface area contributed by atoms with Crippen LogP contribution in [0.4, 0.5) is 5.69 Å². The van der Waals surface area contributed by atoms with Crippen LogP contribution in [0.5, 0.6) is 0 Å². The van der Waals surface area contributed by atoms with E-state index in [2.05, 4.69) is 10.6 Å². The second-order valence-electron chi connectivity index (χ2n) is 5.67. The van der Waals surface area contributed by atoms with E-state index < -0.39 is 5.54 Å². The summed E-state index contributed by atoms with van der Waals surface area (Å²) < 4.78 is 0. The fraction of sp³-hybridized carbons (Fsp3) is 0.278. The molecule has 0 aromatic heterocycles. The summed E-state index contributed by atoms with van der Waals surface area (Å²) in [6.07, 6.45) is 0. The van der Waals surface area contributed by atoms with Crippen LogP contribution in [0.1, 0.15) is 18.1 Å². The molecule has 1 amide bonds. The number of aliphatic hydroxyl groups excluding tert-OH is 1. The molecule has 2 rings (SSSR count). The van der Waals surface area contributed by atoms with Gasteiger partial charge in [-0.15, -0.1) is 0 Å². The van der Waals surface area contributed by atoms with Crippen LogP contribution in [0.3, 0.4) is 0 Å². The molecule has 0 aliphatic rings. The number of halogens is 1. The van der Waals surface area contributed by atoms with Crippen molar-refractivity contribution in [3.63, 3.8) is 0 Å². The second kappa shape index (κ2) is 7.59. The maximum absolute atomic E-state index is 12.2. The minimum absolute atomic E-state index is 0.0813. The Bertz CT molecular complexity index is 676. The minimum Gasteiger partial charge on any atom is -0.394 e. The highest BCUT2D eigenvalue weighted by Gasteiger charge is 2.25. The summed E-state index contributed by atoms with van der Waals surface area (Å²) in [5, 5.41) is 16.3. The molecule has 3 N–H and O–H groups in total. The number of rotatable bonds is 6. The molecular formula is C18H21ClN2O2. The highest BCUT2D eigenvalue weighted by atomic mass is 35.5. The van der Waals surface area contributed by atoms with Gasteiger partial charge >= 0.3 is 0 Å². The minimum atomic E-state index is -0.679. The number of hydrogen-bond donors (Lipinski definition) is 3. The lowest BCUT2D eigenvalue weighted by Gasteiger charge is -2.29. The molecule has 0 fully saturated rings. The third-order valence-corrected chi connectivity index (χ3v) is 4.32. The normalized spacial score (nSPS) is 13.4. The van der Waals surface area contributed by atoms with Crippen molar-refractivity contribution in [1.82, 2.24) is 5.32 Å². The van der Waals surface area contributed by atoms with Crippen LogP contribution < -0.4 is 10.6 Å². The Labute approximate surface area is 141 Å². The van der Waals surface area contributed by atoms with Gasteiger partial charge in [-0.05, 0) is 37.1 Å². The lowest BCUT2D eigenvalue weighted by molar-refractivity contribution is -0.115. The molecule has 122 valence electrons. The molecule has 0 saturated heterocycles. The zero-order valence-corrected chi connectivity index (χ0v) is 14.0. The first-order chi connectivity index (χ1) is 11.0. The quantitative estimate of drug-likeness (QED) is 0.761. The number of carbonyl (C=O) groups is 1. The Morgan fingerprint density at radius 2 is 1.87 bits per heavy atom. The van der Waals surface area contributed by atoms with E-state index in [-0.39, 0.29) is 19.1 Å². The Morgan fingerprint density at radius 1 is 1.17 bits per heavy atom. The molecule has 0 aliphatic heterocycles. The van der Waals surface area contributed by atoms with Gasteiger partial charge in [0.1, 0.15) is 0 Å². The first-order valence-corrected chi connectivity index (χ1v) is 7.80. The van der Waals surface area contributed by atoms with Gasteiger partial charge in [0.15, 0.2) is 0 Å². The van der Waals surface area contributed by atoms with Gasteiger partial charge in [-0.25, -0.2) is 0 Å². The highest BCUT2D eigenvalue weighted by molar-refractivity contribution is 6.31. The van der Waals surface area contributed by atoms with E-state index in [0.717, 1.165) is 11.1 Å². The Balaban J connectivity index is 2.02. The number of anilines is 1. The van der Waals surface area contributed by atoms with Crippen LogP contribution in [0.2, 0.25) is 5.02 Å². The van der Waals surface area contributed by atoms with Gasteiger partial charge in [0.2, 0.25) is 5.91 Å². The second-order valence-corrected chi connectivity index (χ2v) is 6.08. The maximum Gasteiger partial charge on any atom is 0.238 e. The highest BCUT2D eigenvalue weighted by Crippen LogP contribution is 2.23. The summed E-state index contributed by atoms with van der Waals surface area (Å²) in [6, 6.07) is 14.9. The molecule has 4 nitrogen and oxygen atoms in total. The average molecular weight is 333 g/mol. The Morgan fingerprint density at radius 3 is 2.52 bits per heavy atom. The van der Waals surface area contributed by atoms with Crippen molar-refractivity contribution in [2.24, 2.45) is 0 Å². The van der Waals surface area contributed by atoms with Gasteiger partial charge in [0, 0.05) is 10.7 Å². The molecule has 1 atom stereocenters. The average Bonchev–Trinajstić information content (AvgIpc) is 2.57. The summed E-state index contributed by atoms with van der Waals surface area (Å²) >= 11 is 6.05. The zero-order chi connectivity index (χ0) is 16.9. The molecule has 5 heteroatoms. The van der Waals surface area contributed by atoms with Crippen molar-refractivity contribution in [3.8, 4) is 0 Å². The summed E-state index contributed by atoms with van der Waals surface area (Å²) in [4.78, 5) is 12.2. The number of benzene rings is 2. The van der Waals surface area contributed by atoms with E-state index in [1.807, 2.05) is 50.2 Å². The van der Waals surface area contributed by atoms with Crippen LogP contribution in [-0.4, -0.2) is 24.2 Å². The zero-order valence-electron chi connectivity index (χ0n) is 13.3. The van der Waals surface area contributed by atoms with Crippen LogP contribution in [0.25, 0.3) is 0 Å². The van der Waals surface area contributed by atoms with Gasteiger partial charge in [0.25, 0.3) is 0 Å². The van der Waals surface area contributed by atoms with Crippen LogP contribution in [0, 0.1) is 6.92 Å². The summed E-state index contributed by atoms with van der Waals surface area (Å²) in [5.74, 6) is -0.189. The lowest BCUT2D eigenvalue weighted by Crippen LogP contribution is -2.46. The predicted octanol–water partition coefficient (Wildman–Crippen LogP) is 3.08. The van der Waals surface area contributed by atoms with Crippen molar-refractivity contribution in [3.05, 3.63) is 64.7 Å². The largest absolute Gasteiger partial charge is 0.394 e. The Hall–Kier alpha value is -1.88. The van der Waals surface area contributed by atoms with Crippen LogP contribution in [-0.2, 0) is 10.3 Å². The van der Waals surface area contributed by atoms with Crippen molar-refractivity contribution >= 4 is 23.2 Å². The van der Waals surface area contributed by atoms with Crippen molar-refractivity contribution in [1.29, 1.82) is 0 Å². The van der Waals surface area contributed by atoms with Crippen molar-refractivity contribution < 1.29 is 9.90 Å². The number of aliphatic hydroxyl groups is 1. The first kappa shape index (κ1) is 17.5. The van der Waals surface area contributed by atoms with Crippen LogP contribution in [0.15, 0.2) is 48.5 Å². The van der Waals surface area contributed by atoms with Gasteiger partial charge in [-0.2, -0.15) is 0 Å². The van der Waals surface area contributed by atoms with E-state index in [4.69, 9.17) is 11.6 Å². The van der Waals surface area contributed by atoms with Gasteiger partial charge in [-0.3, -0.25) is 10.1 Å². The SMILES string of the molecule is Cc1c(Cl)cccc1NC(=O)CN[C@@](C)(CO)c1ccccc1. The van der Waals surface area contributed by atoms with Gasteiger partial charge in [0.05, 0.1) is 18.7 Å². The first-order valence-electron chi connectivity index (χ1n) is 7.42. The molecule has 2 aromatic rings. The molecule has 0 spiro atoms. The fourth-order valence-corrected chi connectivity index (χ4v) is 2.44. The maximum atomic E-state index is 12.2. The van der Waals surface area contributed by atoms with E-state index in [9.17, 15) is 9.90 Å². The van der Waals surface area contributed by atoms with Crippen molar-refractivity contribution in [2.45, 2.75) is 19.4 Å². The summed E-state index contributed by atoms with van der Waals surface area (Å²) in [6.45, 7) is 3.69. The van der Waals surface area contributed by atoms with E-state index >= 15 is 0 Å². The van der Waals surface area contributed by atoms with Crippen LogP contribution >= 0.6 is 11.6 Å². The molecule has 0 unspecified atom stereocenters.